The zero-order valence-corrected chi connectivity index (χ0v) is 7.38. The predicted octanol–water partition coefficient (Wildman–Crippen LogP) is -0.00280. The van der Waals surface area contributed by atoms with E-state index in [1.54, 1.807) is 24.3 Å². The second-order valence-corrected chi connectivity index (χ2v) is 3.67. The van der Waals surface area contributed by atoms with Crippen LogP contribution in [-0.2, 0) is 15.8 Å². The number of hydrogen-bond acceptors (Lipinski definition) is 2. The van der Waals surface area contributed by atoms with Gasteiger partial charge in [-0.15, -0.1) is 0 Å². The zero-order valence-electron chi connectivity index (χ0n) is 6.56. The Bertz CT molecular complexity index is 440. The maximum absolute atomic E-state index is 11.3. The molecule has 1 heterocycles. The number of carbonyl (C=O) groups is 1. The number of amides is 1. The predicted molar refractivity (Wildman–Crippen MR) is 48.6 cm³/mol. The number of primary amides is 1. The van der Waals surface area contributed by atoms with Crippen LogP contribution in [0.4, 0.5) is 0 Å². The molecule has 0 aromatic heterocycles. The Balaban J connectivity index is 2.64. The van der Waals surface area contributed by atoms with Crippen LogP contribution in [0, 0.1) is 0 Å². The van der Waals surface area contributed by atoms with Crippen LogP contribution in [0.5, 0.6) is 0 Å². The Hall–Kier alpha value is -1.49. The highest BCUT2D eigenvalue weighted by Gasteiger charge is 2.24. The summed E-state index contributed by atoms with van der Waals surface area (Å²) in [5.74, 6) is -0.640. The summed E-state index contributed by atoms with van der Waals surface area (Å²) in [6.07, 6.45) is 0. The Morgan fingerprint density at radius 3 is 2.77 bits per heavy atom. The molecule has 0 radical (unpaired) electrons. The van der Waals surface area contributed by atoms with E-state index in [1.165, 1.54) is 0 Å². The van der Waals surface area contributed by atoms with Crippen LogP contribution in [0.15, 0.2) is 33.6 Å². The second kappa shape index (κ2) is 2.77. The van der Waals surface area contributed by atoms with Gasteiger partial charge in [-0.05, 0) is 6.07 Å². The van der Waals surface area contributed by atoms with Crippen LogP contribution in [0.2, 0.25) is 0 Å². The number of nitrogens with two attached hydrogens (primary N) is 1. The number of fused-ring (bicyclic) bond motifs is 1. The number of benzene rings is 1. The van der Waals surface area contributed by atoms with Gasteiger partial charge in [-0.1, -0.05) is 18.2 Å². The quantitative estimate of drug-likeness (QED) is 0.683. The van der Waals surface area contributed by atoms with Crippen molar-refractivity contribution in [3.63, 3.8) is 0 Å². The Kier molecular flexibility index (Phi) is 1.73. The average Bonchev–Trinajstić information content (AvgIpc) is 2.45. The minimum absolute atomic E-state index is 0.105. The lowest BCUT2D eigenvalue weighted by molar-refractivity contribution is -0.111. The molecule has 1 amide bonds. The fourth-order valence-corrected chi connectivity index (χ4v) is 2.17. The van der Waals surface area contributed by atoms with Gasteiger partial charge in [-0.3, -0.25) is 4.79 Å². The fourth-order valence-electron chi connectivity index (χ4n) is 1.17. The molecule has 2 rings (SSSR count). The van der Waals surface area contributed by atoms with Crippen LogP contribution < -0.4 is 5.73 Å². The van der Waals surface area contributed by atoms with E-state index in [4.69, 9.17) is 5.73 Å². The molecule has 0 aliphatic carbocycles. The van der Waals surface area contributed by atoms with Gasteiger partial charge in [0.15, 0.2) is 11.0 Å². The Labute approximate surface area is 77.1 Å². The van der Waals surface area contributed by atoms with E-state index in [-0.39, 0.29) is 5.71 Å². The summed E-state index contributed by atoms with van der Waals surface area (Å²) >= 11 is 0. The molecular weight excluding hydrogens is 188 g/mol. The lowest BCUT2D eigenvalue weighted by atomic mass is 10.1. The Morgan fingerprint density at radius 1 is 1.38 bits per heavy atom. The average molecular weight is 194 g/mol. The van der Waals surface area contributed by atoms with Crippen molar-refractivity contribution in [2.75, 3.05) is 0 Å². The molecule has 0 saturated heterocycles. The number of hydrogen-bond donors (Lipinski definition) is 1. The highest BCUT2D eigenvalue weighted by atomic mass is 32.2. The van der Waals surface area contributed by atoms with E-state index in [9.17, 15) is 9.00 Å². The van der Waals surface area contributed by atoms with Gasteiger partial charge in [0.1, 0.15) is 5.71 Å². The summed E-state index contributed by atoms with van der Waals surface area (Å²) in [7, 11) is -1.46. The van der Waals surface area contributed by atoms with Crippen LogP contribution in [0.1, 0.15) is 5.56 Å². The van der Waals surface area contributed by atoms with Gasteiger partial charge in [0.05, 0.1) is 4.90 Å². The molecule has 66 valence electrons. The van der Waals surface area contributed by atoms with Crippen molar-refractivity contribution in [2.24, 2.45) is 10.1 Å². The van der Waals surface area contributed by atoms with Gasteiger partial charge in [-0.25, -0.2) is 4.21 Å². The van der Waals surface area contributed by atoms with Crippen molar-refractivity contribution < 1.29 is 9.00 Å². The summed E-state index contributed by atoms with van der Waals surface area (Å²) in [4.78, 5) is 11.4. The molecule has 2 N–H and O–H groups in total. The van der Waals surface area contributed by atoms with E-state index in [0.29, 0.717) is 10.5 Å². The molecule has 0 spiro atoms. The molecule has 1 aromatic rings. The van der Waals surface area contributed by atoms with E-state index >= 15 is 0 Å². The van der Waals surface area contributed by atoms with Crippen molar-refractivity contribution in [3.05, 3.63) is 29.8 Å². The minimum Gasteiger partial charge on any atom is -0.364 e. The zero-order chi connectivity index (χ0) is 9.42. The second-order valence-electron chi connectivity index (χ2n) is 2.55. The van der Waals surface area contributed by atoms with Crippen LogP contribution >= 0.6 is 0 Å². The molecule has 1 aliphatic heterocycles. The fraction of sp³-hybridized carbons (Fsp3) is 0. The van der Waals surface area contributed by atoms with E-state index in [0.717, 1.165) is 0 Å². The molecule has 13 heavy (non-hydrogen) atoms. The van der Waals surface area contributed by atoms with Gasteiger partial charge in [0.2, 0.25) is 0 Å². The molecule has 0 fully saturated rings. The first-order valence-corrected chi connectivity index (χ1v) is 4.70. The molecule has 1 atom stereocenters. The van der Waals surface area contributed by atoms with Gasteiger partial charge in [-0.2, -0.15) is 4.40 Å². The van der Waals surface area contributed by atoms with Crippen molar-refractivity contribution >= 4 is 22.6 Å². The normalized spacial score (nSPS) is 19.4. The first-order valence-electron chi connectivity index (χ1n) is 3.60. The molecule has 1 unspecified atom stereocenters. The SMILES string of the molecule is NC(=O)C1=NS(=O)c2ccccc21. The van der Waals surface area contributed by atoms with Gasteiger partial charge >= 0.3 is 0 Å². The maximum Gasteiger partial charge on any atom is 0.268 e. The summed E-state index contributed by atoms with van der Waals surface area (Å²) in [5, 5.41) is 0. The van der Waals surface area contributed by atoms with E-state index in [1.807, 2.05) is 0 Å². The number of nitrogens with zero attached hydrogens (tertiary/aromatic N) is 1. The summed E-state index contributed by atoms with van der Waals surface area (Å²) in [5.41, 5.74) is 5.75. The van der Waals surface area contributed by atoms with E-state index < -0.39 is 16.9 Å². The Morgan fingerprint density at radius 2 is 2.08 bits per heavy atom. The molecule has 0 bridgehead atoms. The largest absolute Gasteiger partial charge is 0.364 e. The first-order chi connectivity index (χ1) is 6.20. The topological polar surface area (TPSA) is 72.5 Å². The molecule has 0 saturated carbocycles. The van der Waals surface area contributed by atoms with Gasteiger partial charge < -0.3 is 5.73 Å². The van der Waals surface area contributed by atoms with Crippen LogP contribution in [0.25, 0.3) is 0 Å². The lowest BCUT2D eigenvalue weighted by Gasteiger charge is -1.95. The third-order valence-corrected chi connectivity index (χ3v) is 2.82. The smallest absolute Gasteiger partial charge is 0.268 e. The van der Waals surface area contributed by atoms with Crippen molar-refractivity contribution in [1.82, 2.24) is 0 Å². The molecular formula is C8H6N2O2S. The third-order valence-electron chi connectivity index (χ3n) is 1.74. The molecule has 4 nitrogen and oxygen atoms in total. The van der Waals surface area contributed by atoms with E-state index in [2.05, 4.69) is 4.40 Å². The highest BCUT2D eigenvalue weighted by molar-refractivity contribution is 7.84. The number of carbonyl (C=O) groups excluding carboxylic acids is 1. The van der Waals surface area contributed by atoms with Crippen LogP contribution in [-0.4, -0.2) is 15.8 Å². The molecule has 1 aliphatic rings. The minimum atomic E-state index is -1.46. The molecule has 5 heteroatoms. The van der Waals surface area contributed by atoms with Crippen molar-refractivity contribution in [3.8, 4) is 0 Å². The summed E-state index contributed by atoms with van der Waals surface area (Å²) in [6, 6.07) is 6.85. The van der Waals surface area contributed by atoms with Gasteiger partial charge in [0, 0.05) is 5.56 Å². The van der Waals surface area contributed by atoms with Crippen molar-refractivity contribution in [1.29, 1.82) is 0 Å². The first kappa shape index (κ1) is 8.12. The van der Waals surface area contributed by atoms with Gasteiger partial charge in [0.25, 0.3) is 5.91 Å². The maximum atomic E-state index is 11.3. The van der Waals surface area contributed by atoms with Crippen molar-refractivity contribution in [2.45, 2.75) is 4.90 Å². The number of rotatable bonds is 1. The molecule has 1 aromatic carbocycles. The summed E-state index contributed by atoms with van der Waals surface area (Å²) < 4.78 is 15.0. The monoisotopic (exact) mass is 194 g/mol. The summed E-state index contributed by atoms with van der Waals surface area (Å²) in [6.45, 7) is 0. The van der Waals surface area contributed by atoms with Crippen LogP contribution in [0.3, 0.4) is 0 Å². The third kappa shape index (κ3) is 1.17. The lowest BCUT2D eigenvalue weighted by Crippen LogP contribution is -2.22. The standard InChI is InChI=1S/C8H6N2O2S/c9-8(11)7-5-3-1-2-4-6(5)13(12)10-7/h1-4H,(H2,9,11). The highest BCUT2D eigenvalue weighted by Crippen LogP contribution is 2.22.